The monoisotopic (exact) mass is 401 g/mol. The van der Waals surface area contributed by atoms with Crippen LogP contribution in [0.5, 0.6) is 0 Å². The van der Waals surface area contributed by atoms with Crippen molar-refractivity contribution in [3.63, 3.8) is 0 Å². The number of carbonyl (C=O) groups excluding carboxylic acids is 2. The number of aromatic amines is 1. The van der Waals surface area contributed by atoms with Crippen molar-refractivity contribution >= 4 is 22.7 Å². The molecule has 5 rings (SSSR count). The number of amides is 2. The molecule has 2 aliphatic rings. The molecule has 0 bridgehead atoms. The minimum atomic E-state index is -0.462. The van der Waals surface area contributed by atoms with Gasteiger partial charge in [-0.15, -0.1) is 0 Å². The number of carbonyl (C=O) groups is 2. The van der Waals surface area contributed by atoms with Gasteiger partial charge < -0.3 is 14.8 Å². The van der Waals surface area contributed by atoms with Gasteiger partial charge in [-0.3, -0.25) is 9.59 Å². The lowest BCUT2D eigenvalue weighted by Gasteiger charge is -2.48. The Morgan fingerprint density at radius 2 is 1.80 bits per heavy atom. The summed E-state index contributed by atoms with van der Waals surface area (Å²) in [6, 6.07) is 15.9. The van der Waals surface area contributed by atoms with Crippen LogP contribution in [0.15, 0.2) is 48.5 Å². The number of hydrogen-bond donors (Lipinski definition) is 1. The highest BCUT2D eigenvalue weighted by Crippen LogP contribution is 2.42. The van der Waals surface area contributed by atoms with Crippen molar-refractivity contribution in [1.82, 2.24) is 14.8 Å². The normalized spacial score (nSPS) is 21.3. The van der Waals surface area contributed by atoms with E-state index in [9.17, 15) is 9.59 Å². The van der Waals surface area contributed by atoms with Crippen LogP contribution < -0.4 is 0 Å². The molecule has 1 aromatic heterocycles. The fourth-order valence-electron chi connectivity index (χ4n) is 5.01. The molecule has 1 N–H and O–H groups in total. The number of aromatic nitrogens is 1. The van der Waals surface area contributed by atoms with Crippen molar-refractivity contribution in [2.24, 2.45) is 0 Å². The lowest BCUT2D eigenvalue weighted by atomic mass is 9.85. The molecule has 0 spiro atoms. The molecular formula is C25H27N3O2. The van der Waals surface area contributed by atoms with Gasteiger partial charge in [0, 0.05) is 29.1 Å². The van der Waals surface area contributed by atoms with E-state index < -0.39 is 6.04 Å². The molecule has 1 saturated heterocycles. The molecule has 154 valence electrons. The van der Waals surface area contributed by atoms with Crippen molar-refractivity contribution in [3.8, 4) is 0 Å². The second-order valence-electron chi connectivity index (χ2n) is 8.64. The van der Waals surface area contributed by atoms with Gasteiger partial charge in [0.05, 0.1) is 6.04 Å². The summed E-state index contributed by atoms with van der Waals surface area (Å²) in [5.41, 5.74) is 5.55. The number of benzene rings is 2. The van der Waals surface area contributed by atoms with E-state index in [1.807, 2.05) is 30.9 Å². The maximum absolute atomic E-state index is 13.4. The Balaban J connectivity index is 1.70. The predicted molar refractivity (Wildman–Crippen MR) is 117 cm³/mol. The first-order valence-corrected chi connectivity index (χ1v) is 10.8. The minimum Gasteiger partial charge on any atom is -0.356 e. The molecule has 2 aliphatic heterocycles. The number of nitrogens with one attached hydrogen (secondary N) is 1. The van der Waals surface area contributed by atoms with Gasteiger partial charge >= 0.3 is 0 Å². The van der Waals surface area contributed by atoms with Gasteiger partial charge in [-0.2, -0.15) is 0 Å². The van der Waals surface area contributed by atoms with Gasteiger partial charge in [0.2, 0.25) is 11.8 Å². The van der Waals surface area contributed by atoms with Crippen molar-refractivity contribution in [2.75, 3.05) is 6.54 Å². The Morgan fingerprint density at radius 3 is 2.50 bits per heavy atom. The van der Waals surface area contributed by atoms with Crippen LogP contribution in [0.2, 0.25) is 0 Å². The van der Waals surface area contributed by atoms with Crippen LogP contribution in [0.3, 0.4) is 0 Å². The van der Waals surface area contributed by atoms with Gasteiger partial charge in [-0.25, -0.2) is 0 Å². The summed E-state index contributed by atoms with van der Waals surface area (Å²) < 4.78 is 0. The predicted octanol–water partition coefficient (Wildman–Crippen LogP) is 3.82. The van der Waals surface area contributed by atoms with Crippen LogP contribution in [0.4, 0.5) is 0 Å². The van der Waals surface area contributed by atoms with Gasteiger partial charge in [-0.05, 0) is 43.0 Å². The number of fused-ring (bicyclic) bond motifs is 4. The number of para-hydroxylation sites is 1. The summed E-state index contributed by atoms with van der Waals surface area (Å²) >= 11 is 0. The first-order chi connectivity index (χ1) is 14.5. The Labute approximate surface area is 176 Å². The van der Waals surface area contributed by atoms with Crippen molar-refractivity contribution < 1.29 is 9.59 Å². The zero-order valence-electron chi connectivity index (χ0n) is 17.7. The van der Waals surface area contributed by atoms with E-state index in [0.29, 0.717) is 6.42 Å². The smallest absolute Gasteiger partial charge is 0.246 e. The van der Waals surface area contributed by atoms with Crippen LogP contribution in [-0.2, 0) is 22.4 Å². The van der Waals surface area contributed by atoms with E-state index in [-0.39, 0.29) is 30.4 Å². The summed E-state index contributed by atoms with van der Waals surface area (Å²) in [4.78, 5) is 33.9. The summed E-state index contributed by atoms with van der Waals surface area (Å²) in [6.07, 6.45) is 1.52. The lowest BCUT2D eigenvalue weighted by molar-refractivity contribution is -0.160. The molecule has 30 heavy (non-hydrogen) atoms. The quantitative estimate of drug-likeness (QED) is 0.725. The standard InChI is InChI=1S/C25H27N3O2/c1-4-16-9-11-17(12-10-16)24-23-19(18-7-5-6-8-20(18)26-23)13-21-25(30)27(15(2)3)14-22(29)28(21)24/h5-12,15,21,24,26H,4,13-14H2,1-3H3/t21-,24-/m0/s1. The molecule has 2 atom stereocenters. The van der Waals surface area contributed by atoms with E-state index >= 15 is 0 Å². The number of rotatable bonds is 3. The molecule has 5 heteroatoms. The van der Waals surface area contributed by atoms with Crippen LogP contribution in [0.25, 0.3) is 10.9 Å². The fraction of sp³-hybridized carbons (Fsp3) is 0.360. The van der Waals surface area contributed by atoms with Crippen LogP contribution >= 0.6 is 0 Å². The molecule has 0 aliphatic carbocycles. The molecule has 2 amide bonds. The maximum atomic E-state index is 13.4. The third kappa shape index (κ3) is 2.76. The van der Waals surface area contributed by atoms with E-state index in [0.717, 1.165) is 34.1 Å². The molecule has 0 radical (unpaired) electrons. The zero-order chi connectivity index (χ0) is 21.0. The van der Waals surface area contributed by atoms with E-state index in [1.165, 1.54) is 5.56 Å². The average Bonchev–Trinajstić information content (AvgIpc) is 3.13. The Morgan fingerprint density at radius 1 is 1.07 bits per heavy atom. The highest BCUT2D eigenvalue weighted by atomic mass is 16.2. The second-order valence-corrected chi connectivity index (χ2v) is 8.64. The van der Waals surface area contributed by atoms with Gasteiger partial charge in [0.25, 0.3) is 0 Å². The number of H-pyrrole nitrogens is 1. The summed E-state index contributed by atoms with van der Waals surface area (Å²) in [6.45, 7) is 6.23. The first-order valence-electron chi connectivity index (χ1n) is 10.8. The Hall–Kier alpha value is -3.08. The molecule has 1 fully saturated rings. The Kier molecular flexibility index (Phi) is 4.42. The van der Waals surface area contributed by atoms with Crippen molar-refractivity contribution in [1.29, 1.82) is 0 Å². The molecule has 3 aromatic rings. The highest BCUT2D eigenvalue weighted by molar-refractivity contribution is 5.97. The molecule has 2 aromatic carbocycles. The minimum absolute atomic E-state index is 0.00949. The topological polar surface area (TPSA) is 56.4 Å². The number of piperazine rings is 1. The number of aryl methyl sites for hydroxylation is 1. The van der Waals surface area contributed by atoms with Crippen molar-refractivity contribution in [3.05, 3.63) is 70.9 Å². The summed E-state index contributed by atoms with van der Waals surface area (Å²) in [5.74, 6) is 0.0675. The molecule has 5 nitrogen and oxygen atoms in total. The van der Waals surface area contributed by atoms with Gasteiger partial charge in [0.1, 0.15) is 12.6 Å². The SMILES string of the molecule is CCc1ccc([C@H]2c3[nH]c4ccccc4c3C[C@H]3C(=O)N(C(C)C)CC(=O)N23)cc1. The van der Waals surface area contributed by atoms with Gasteiger partial charge in [-0.1, -0.05) is 49.4 Å². The highest BCUT2D eigenvalue weighted by Gasteiger charge is 2.48. The largest absolute Gasteiger partial charge is 0.356 e. The average molecular weight is 402 g/mol. The second kappa shape index (κ2) is 7.01. The lowest BCUT2D eigenvalue weighted by Crippen LogP contribution is -2.64. The van der Waals surface area contributed by atoms with Crippen LogP contribution in [-0.4, -0.2) is 45.2 Å². The van der Waals surface area contributed by atoms with Crippen LogP contribution in [0.1, 0.15) is 49.2 Å². The van der Waals surface area contributed by atoms with Crippen LogP contribution in [0, 0.1) is 0 Å². The van der Waals surface area contributed by atoms with E-state index in [4.69, 9.17) is 0 Å². The third-order valence-electron chi connectivity index (χ3n) is 6.62. The maximum Gasteiger partial charge on any atom is 0.246 e. The number of hydrogen-bond acceptors (Lipinski definition) is 2. The molecule has 3 heterocycles. The zero-order valence-corrected chi connectivity index (χ0v) is 17.7. The molecule has 0 unspecified atom stereocenters. The summed E-state index contributed by atoms with van der Waals surface area (Å²) in [5, 5.41) is 1.14. The Bertz CT molecular complexity index is 1130. The first kappa shape index (κ1) is 18.9. The summed E-state index contributed by atoms with van der Waals surface area (Å²) in [7, 11) is 0. The van der Waals surface area contributed by atoms with E-state index in [1.54, 1.807) is 4.90 Å². The van der Waals surface area contributed by atoms with Gasteiger partial charge in [0.15, 0.2) is 0 Å². The molecule has 0 saturated carbocycles. The van der Waals surface area contributed by atoms with Crippen molar-refractivity contribution in [2.45, 2.75) is 51.7 Å². The number of nitrogens with zero attached hydrogens (tertiary/aromatic N) is 2. The fourth-order valence-corrected chi connectivity index (χ4v) is 5.01. The third-order valence-corrected chi connectivity index (χ3v) is 6.62. The molecular weight excluding hydrogens is 374 g/mol. The van der Waals surface area contributed by atoms with E-state index in [2.05, 4.69) is 48.3 Å².